The Kier molecular flexibility index (Phi) is 41.5. The van der Waals surface area contributed by atoms with Crippen LogP contribution in [0, 0.1) is 41.0 Å². The first kappa shape index (κ1) is 100. The van der Waals surface area contributed by atoms with Gasteiger partial charge in [0.2, 0.25) is 0 Å². The quantitative estimate of drug-likeness (QED) is 0.104. The topological polar surface area (TPSA) is 629 Å². The SMILES string of the molecule is CC(C)=O.CC(C)=O.[Fe+2].[Fe+2].[O-][Cl+3]([O-])([O-])[O-].[O-][Cl+3]([O-])([O-])[O-].[O-][Cl+3]([O-])([O-])[O-].[O-][Cl+3]([O-])([O-])[O-].c1ccc(-c2cccc(-n3ccc(-c4ccccn4)n3)n2)nc1.c1ccc(-c2cccc(-n3ccc(-c4ccccn4)n3)n2)nc1.c1ccc(-c2cccc(-n3ccc(-c4ccccn4)n3)n2)nc1.c1ccc(-c2cccc(-n3ccc(-c4ccccn4)n3)n2)nc1. The number of carbonyl (C=O) groups is 2. The molecule has 0 saturated carbocycles. The molecule has 0 saturated heterocycles. The van der Waals surface area contributed by atoms with E-state index in [1.807, 2.05) is 267 Å². The minimum absolute atomic E-state index is 0. The molecule has 0 amide bonds. The Morgan fingerprint density at radius 2 is 0.336 bits per heavy atom. The third kappa shape index (κ3) is 39.6. The van der Waals surface area contributed by atoms with Crippen molar-refractivity contribution in [3.8, 4) is 114 Å². The van der Waals surface area contributed by atoms with Crippen molar-refractivity contribution < 1.29 is 159 Å². The van der Waals surface area contributed by atoms with Crippen molar-refractivity contribution in [2.75, 3.05) is 0 Å². The van der Waals surface area contributed by atoms with E-state index in [1.165, 1.54) is 27.7 Å². The molecule has 0 unspecified atom stereocenters. The molecule has 0 atom stereocenters. The molecule has 0 aliphatic rings. The van der Waals surface area contributed by atoms with Gasteiger partial charge in [-0.25, -0.2) is 113 Å². The van der Waals surface area contributed by atoms with Gasteiger partial charge in [0.1, 0.15) is 34.3 Å². The summed E-state index contributed by atoms with van der Waals surface area (Å²) < 4.78 is 143. The van der Waals surface area contributed by atoms with Gasteiger partial charge in [0.25, 0.3) is 0 Å². The van der Waals surface area contributed by atoms with E-state index in [0.717, 1.165) is 114 Å². The van der Waals surface area contributed by atoms with Crippen LogP contribution in [0.4, 0.5) is 0 Å². The maximum atomic E-state index is 9.44. The van der Waals surface area contributed by atoms with Crippen molar-refractivity contribution in [3.05, 3.63) is 317 Å². The summed E-state index contributed by atoms with van der Waals surface area (Å²) in [6.45, 7) is 6.11. The second-order valence-electron chi connectivity index (χ2n) is 23.2. The van der Waals surface area contributed by atoms with Crippen LogP contribution in [-0.2, 0) is 43.7 Å². The summed E-state index contributed by atoms with van der Waals surface area (Å²) in [7, 11) is -19.8. The van der Waals surface area contributed by atoms with Gasteiger partial charge in [-0.3, -0.25) is 39.9 Å². The van der Waals surface area contributed by atoms with Crippen molar-refractivity contribution >= 4 is 11.6 Å². The van der Waals surface area contributed by atoms with Gasteiger partial charge in [-0.2, -0.15) is 20.4 Å². The number of carbonyl (C=O) groups excluding carboxylic acids is 2. The third-order valence-electron chi connectivity index (χ3n) is 13.7. The Balaban J connectivity index is 0.000000260. The minimum Gasteiger partial charge on any atom is -0.300 e. The maximum absolute atomic E-state index is 9.44. The number of pyridine rings is 12. The van der Waals surface area contributed by atoms with E-state index in [2.05, 4.69) is 80.2 Å². The molecule has 0 aromatic carbocycles. The Labute approximate surface area is 724 Å². The fraction of sp³-hybridized carbons (Fsp3) is 0.0513. The van der Waals surface area contributed by atoms with Crippen LogP contribution in [0.25, 0.3) is 114 Å². The first-order chi connectivity index (χ1) is 57.1. The predicted octanol–water partition coefficient (Wildman–Crippen LogP) is -4.27. The molecule has 16 heterocycles. The van der Waals surface area contributed by atoms with Crippen molar-refractivity contribution in [2.24, 2.45) is 0 Å². The van der Waals surface area contributed by atoms with E-state index >= 15 is 0 Å². The van der Waals surface area contributed by atoms with Crippen LogP contribution in [0.5, 0.6) is 0 Å². The van der Waals surface area contributed by atoms with E-state index in [-0.39, 0.29) is 45.7 Å². The molecule has 16 aromatic rings. The first-order valence-corrected chi connectivity index (χ1v) is 38.9. The summed E-state index contributed by atoms with van der Waals surface area (Å²) in [4.78, 5) is 72.0. The van der Waals surface area contributed by atoms with Crippen LogP contribution in [-0.4, -0.2) is 110 Å². The van der Waals surface area contributed by atoms with Gasteiger partial charge in [-0.15, -0.1) is 41.0 Å². The van der Waals surface area contributed by atoms with Gasteiger partial charge in [0.05, 0.1) is 68.3 Å². The van der Waals surface area contributed by atoms with Gasteiger partial charge in [-0.05, 0) is 198 Å². The van der Waals surface area contributed by atoms with Crippen LogP contribution in [0.2, 0.25) is 0 Å². The number of ketones is 2. The summed E-state index contributed by atoms with van der Waals surface area (Å²) in [6, 6.07) is 77.1. The monoisotopic (exact) mass is 1820 g/mol. The summed E-state index contributed by atoms with van der Waals surface area (Å²) >= 11 is 0. The molecule has 0 spiro atoms. The van der Waals surface area contributed by atoms with Crippen molar-refractivity contribution in [1.82, 2.24) is 98.9 Å². The number of Topliss-reactive ketones (excluding diaryl/α,β-unsaturated/α-hetero) is 2. The second-order valence-corrected chi connectivity index (χ2v) is 26.2. The van der Waals surface area contributed by atoms with Crippen LogP contribution in [0.3, 0.4) is 0 Å². The molecule has 122 heavy (non-hydrogen) atoms. The van der Waals surface area contributed by atoms with Crippen LogP contribution in [0.1, 0.15) is 27.7 Å². The molecule has 0 aliphatic carbocycles. The Hall–Kier alpha value is -12.5. The molecule has 0 bridgehead atoms. The van der Waals surface area contributed by atoms with Gasteiger partial charge in [0, 0.05) is 74.4 Å². The molecule has 16 aromatic heterocycles. The standard InChI is InChI=1S/4C18H13N5.2C3H6O.4ClHO4.2Fe/c4*1-3-11-19-14(6-1)16-8-5-9-18(21-16)23-13-10-17(22-23)15-7-2-4-12-20-15;2*1-3(2)4;4*2-1(3,4)5;;/h4*1-13H;2*1-2H3;4*(H,2,3,4,5);;/q;;;;;;;;;;2*+2/p-4. The predicted molar refractivity (Wildman–Crippen MR) is 384 cm³/mol. The molecule has 0 aliphatic heterocycles. The summed E-state index contributed by atoms with van der Waals surface area (Å²) in [5, 5.41) is 18.2. The third-order valence-corrected chi connectivity index (χ3v) is 13.7. The van der Waals surface area contributed by atoms with E-state index < -0.39 is 41.0 Å². The molecular weight excluding hydrogens is 1760 g/mol. The normalized spacial score (nSPS) is 10.4. The van der Waals surface area contributed by atoms with E-state index in [9.17, 15) is 9.59 Å². The molecule has 44 heteroatoms. The average Bonchev–Trinajstić information content (AvgIpc) is 1.66. The Morgan fingerprint density at radius 1 is 0.205 bits per heavy atom. The van der Waals surface area contributed by atoms with Gasteiger partial charge in [0.15, 0.2) is 23.3 Å². The average molecular weight is 1820 g/mol. The van der Waals surface area contributed by atoms with Crippen molar-refractivity contribution in [3.63, 3.8) is 0 Å². The number of aromatic nitrogens is 20. The number of hydrogen-bond acceptors (Lipinski definition) is 34. The number of rotatable bonds is 12. The van der Waals surface area contributed by atoms with Gasteiger partial charge in [-0.1, -0.05) is 72.8 Å². The molecule has 0 fully saturated rings. The minimum atomic E-state index is -4.94. The molecule has 38 nitrogen and oxygen atoms in total. The van der Waals surface area contributed by atoms with Crippen LogP contribution >= 0.6 is 0 Å². The maximum Gasteiger partial charge on any atom is 2.00 e. The van der Waals surface area contributed by atoms with Crippen LogP contribution in [0.15, 0.2) is 317 Å². The Bertz CT molecular complexity index is 4980. The summed E-state index contributed by atoms with van der Waals surface area (Å²) in [6.07, 6.45) is 21.6. The molecule has 0 N–H and O–H groups in total. The fourth-order valence-electron chi connectivity index (χ4n) is 9.24. The zero-order chi connectivity index (χ0) is 87.1. The van der Waals surface area contributed by atoms with E-state index in [1.54, 1.807) is 68.3 Å². The fourth-order valence-corrected chi connectivity index (χ4v) is 9.24. The van der Waals surface area contributed by atoms with Gasteiger partial charge >= 0.3 is 34.1 Å². The zero-order valence-electron chi connectivity index (χ0n) is 63.5. The second kappa shape index (κ2) is 50.6. The van der Waals surface area contributed by atoms with Crippen molar-refractivity contribution in [2.45, 2.75) is 27.7 Å². The van der Waals surface area contributed by atoms with Crippen molar-refractivity contribution in [1.29, 1.82) is 0 Å². The number of hydrogen-bond donors (Lipinski definition) is 0. The van der Waals surface area contributed by atoms with E-state index in [4.69, 9.17) is 74.5 Å². The first-order valence-electron chi connectivity index (χ1n) is 33.9. The molecular formula is C78H64Cl4Fe2N20O18. The summed E-state index contributed by atoms with van der Waals surface area (Å²) in [5.74, 6) is 3.32. The Morgan fingerprint density at radius 3 is 0.467 bits per heavy atom. The number of nitrogens with zero attached hydrogens (tertiary/aromatic N) is 20. The van der Waals surface area contributed by atoms with E-state index in [0.29, 0.717) is 0 Å². The molecule has 0 radical (unpaired) electrons. The largest absolute Gasteiger partial charge is 2.00 e. The van der Waals surface area contributed by atoms with Crippen LogP contribution < -0.4 is 74.5 Å². The molecule has 16 rings (SSSR count). The summed E-state index contributed by atoms with van der Waals surface area (Å²) in [5.41, 5.74) is 13.2. The zero-order valence-corrected chi connectivity index (χ0v) is 68.8. The smallest absolute Gasteiger partial charge is 0.300 e. The number of halogens is 4. The molecule has 628 valence electrons. The van der Waals surface area contributed by atoms with Gasteiger partial charge < -0.3 is 9.59 Å².